The van der Waals surface area contributed by atoms with E-state index in [1.54, 1.807) is 0 Å². The van der Waals surface area contributed by atoms with Crippen LogP contribution in [-0.2, 0) is 10.2 Å². The van der Waals surface area contributed by atoms with E-state index < -0.39 is 0 Å². The molecule has 1 aromatic rings. The van der Waals surface area contributed by atoms with Crippen LogP contribution in [0.5, 0.6) is 0 Å². The largest absolute Gasteiger partial charge is 0.355 e. The number of amides is 1. The van der Waals surface area contributed by atoms with E-state index >= 15 is 0 Å². The van der Waals surface area contributed by atoms with Gasteiger partial charge in [0.15, 0.2) is 0 Å². The zero-order valence-corrected chi connectivity index (χ0v) is 11.8. The average molecular weight is 248 g/mol. The Morgan fingerprint density at radius 1 is 1.44 bits per heavy atom. The quantitative estimate of drug-likeness (QED) is 0.837. The van der Waals surface area contributed by atoms with Crippen molar-refractivity contribution in [3.05, 3.63) is 35.4 Å². The Kier molecular flexibility index (Phi) is 4.91. The number of aryl methyl sites for hydroxylation is 1. The Labute approximate surface area is 110 Å². The summed E-state index contributed by atoms with van der Waals surface area (Å²) in [4.78, 5) is 11.7. The molecule has 0 aliphatic rings. The van der Waals surface area contributed by atoms with Gasteiger partial charge in [0.1, 0.15) is 0 Å². The van der Waals surface area contributed by atoms with Crippen LogP contribution < -0.4 is 11.1 Å². The molecule has 100 valence electrons. The monoisotopic (exact) mass is 248 g/mol. The normalized spacial score (nSPS) is 13.2. The molecule has 0 saturated carbocycles. The van der Waals surface area contributed by atoms with Crippen LogP contribution in [0.15, 0.2) is 24.3 Å². The van der Waals surface area contributed by atoms with E-state index in [0.717, 1.165) is 0 Å². The summed E-state index contributed by atoms with van der Waals surface area (Å²) < 4.78 is 0. The molecule has 0 saturated heterocycles. The number of carbonyl (C=O) groups is 1. The van der Waals surface area contributed by atoms with E-state index in [2.05, 4.69) is 50.4 Å². The minimum atomic E-state index is -0.127. The molecule has 1 aromatic carbocycles. The summed E-state index contributed by atoms with van der Waals surface area (Å²) in [6, 6.07) is 8.40. The first-order valence-electron chi connectivity index (χ1n) is 6.42. The highest BCUT2D eigenvalue weighted by Gasteiger charge is 2.22. The number of hydrogen-bond acceptors (Lipinski definition) is 2. The van der Waals surface area contributed by atoms with Gasteiger partial charge in [-0.1, -0.05) is 50.6 Å². The molecule has 3 N–H and O–H groups in total. The average Bonchev–Trinajstić information content (AvgIpc) is 2.35. The Balaban J connectivity index is 2.68. The molecule has 0 fully saturated rings. The molecule has 1 amide bonds. The van der Waals surface area contributed by atoms with Crippen molar-refractivity contribution in [1.29, 1.82) is 0 Å². The van der Waals surface area contributed by atoms with Gasteiger partial charge in [-0.05, 0) is 12.5 Å². The molecule has 1 unspecified atom stereocenters. The SMILES string of the molecule is Cc1cccc(C(C)(C)CNC(=O)C(C)CN)c1. The van der Waals surface area contributed by atoms with Crippen LogP contribution in [0.25, 0.3) is 0 Å². The highest BCUT2D eigenvalue weighted by molar-refractivity contribution is 5.78. The van der Waals surface area contributed by atoms with Crippen molar-refractivity contribution in [2.45, 2.75) is 33.1 Å². The maximum atomic E-state index is 11.7. The van der Waals surface area contributed by atoms with Gasteiger partial charge >= 0.3 is 0 Å². The van der Waals surface area contributed by atoms with E-state index in [0.29, 0.717) is 13.1 Å². The zero-order valence-electron chi connectivity index (χ0n) is 11.8. The minimum absolute atomic E-state index is 0.0261. The van der Waals surface area contributed by atoms with Gasteiger partial charge in [-0.25, -0.2) is 0 Å². The first kappa shape index (κ1) is 14.7. The Hall–Kier alpha value is -1.35. The highest BCUT2D eigenvalue weighted by Crippen LogP contribution is 2.23. The smallest absolute Gasteiger partial charge is 0.224 e. The molecular formula is C15H24N2O. The number of hydrogen-bond donors (Lipinski definition) is 2. The van der Waals surface area contributed by atoms with Crippen molar-refractivity contribution < 1.29 is 4.79 Å². The van der Waals surface area contributed by atoms with E-state index in [9.17, 15) is 4.79 Å². The number of rotatable bonds is 5. The fourth-order valence-electron chi connectivity index (χ4n) is 1.76. The van der Waals surface area contributed by atoms with Gasteiger partial charge in [0.2, 0.25) is 5.91 Å². The lowest BCUT2D eigenvalue weighted by molar-refractivity contribution is -0.124. The maximum absolute atomic E-state index is 11.7. The fourth-order valence-corrected chi connectivity index (χ4v) is 1.76. The lowest BCUT2D eigenvalue weighted by Crippen LogP contribution is -2.40. The molecule has 0 aromatic heterocycles. The molecule has 3 nitrogen and oxygen atoms in total. The predicted octanol–water partition coefficient (Wildman–Crippen LogP) is 1.98. The van der Waals surface area contributed by atoms with Crippen molar-refractivity contribution in [3.8, 4) is 0 Å². The summed E-state index contributed by atoms with van der Waals surface area (Å²) in [5.74, 6) is -0.100. The summed E-state index contributed by atoms with van der Waals surface area (Å²) in [5.41, 5.74) is 7.89. The standard InChI is InChI=1S/C15H24N2O/c1-11-6-5-7-13(8-11)15(3,4)10-17-14(18)12(2)9-16/h5-8,12H,9-10,16H2,1-4H3,(H,17,18). The number of benzene rings is 1. The van der Waals surface area contributed by atoms with Gasteiger partial charge in [-0.2, -0.15) is 0 Å². The van der Waals surface area contributed by atoms with Gasteiger partial charge in [0.25, 0.3) is 0 Å². The molecule has 0 radical (unpaired) electrons. The summed E-state index contributed by atoms with van der Waals surface area (Å²) in [6.45, 7) is 9.20. The Morgan fingerprint density at radius 2 is 2.11 bits per heavy atom. The zero-order chi connectivity index (χ0) is 13.8. The van der Waals surface area contributed by atoms with Gasteiger partial charge in [0.05, 0.1) is 0 Å². The van der Waals surface area contributed by atoms with Crippen molar-refractivity contribution >= 4 is 5.91 Å². The van der Waals surface area contributed by atoms with Crippen LogP contribution in [0.1, 0.15) is 31.9 Å². The summed E-state index contributed by atoms with van der Waals surface area (Å²) in [5, 5.41) is 2.97. The van der Waals surface area contributed by atoms with E-state index in [-0.39, 0.29) is 17.2 Å². The van der Waals surface area contributed by atoms with E-state index in [1.807, 2.05) is 6.92 Å². The van der Waals surface area contributed by atoms with Crippen molar-refractivity contribution in [3.63, 3.8) is 0 Å². The van der Waals surface area contributed by atoms with E-state index in [1.165, 1.54) is 11.1 Å². The van der Waals surface area contributed by atoms with Gasteiger partial charge < -0.3 is 11.1 Å². The molecule has 1 atom stereocenters. The first-order valence-corrected chi connectivity index (χ1v) is 6.42. The first-order chi connectivity index (χ1) is 8.36. The second-order valence-electron chi connectivity index (χ2n) is 5.61. The van der Waals surface area contributed by atoms with Gasteiger partial charge in [-0.15, -0.1) is 0 Å². The molecule has 0 aliphatic heterocycles. The third-order valence-electron chi connectivity index (χ3n) is 3.31. The predicted molar refractivity (Wildman–Crippen MR) is 75.4 cm³/mol. The Morgan fingerprint density at radius 3 is 2.67 bits per heavy atom. The fraction of sp³-hybridized carbons (Fsp3) is 0.533. The molecule has 0 bridgehead atoms. The molecule has 0 heterocycles. The highest BCUT2D eigenvalue weighted by atomic mass is 16.1. The number of carbonyl (C=O) groups excluding carboxylic acids is 1. The minimum Gasteiger partial charge on any atom is -0.355 e. The van der Waals surface area contributed by atoms with Crippen LogP contribution in [0, 0.1) is 12.8 Å². The third-order valence-corrected chi connectivity index (χ3v) is 3.31. The number of nitrogens with one attached hydrogen (secondary N) is 1. The molecule has 18 heavy (non-hydrogen) atoms. The second kappa shape index (κ2) is 6.01. The van der Waals surface area contributed by atoms with Crippen molar-refractivity contribution in [2.75, 3.05) is 13.1 Å². The lowest BCUT2D eigenvalue weighted by Gasteiger charge is -2.26. The summed E-state index contributed by atoms with van der Waals surface area (Å²) >= 11 is 0. The Bertz CT molecular complexity index is 413. The van der Waals surface area contributed by atoms with Gasteiger partial charge in [-0.3, -0.25) is 4.79 Å². The summed E-state index contributed by atoms with van der Waals surface area (Å²) in [7, 11) is 0. The summed E-state index contributed by atoms with van der Waals surface area (Å²) in [6.07, 6.45) is 0. The molecular weight excluding hydrogens is 224 g/mol. The van der Waals surface area contributed by atoms with Crippen LogP contribution in [0.3, 0.4) is 0 Å². The molecule has 3 heteroatoms. The van der Waals surface area contributed by atoms with Crippen LogP contribution in [0.2, 0.25) is 0 Å². The third kappa shape index (κ3) is 3.84. The molecule has 0 aliphatic carbocycles. The lowest BCUT2D eigenvalue weighted by atomic mass is 9.84. The maximum Gasteiger partial charge on any atom is 0.224 e. The number of nitrogens with two attached hydrogens (primary N) is 1. The molecule has 0 spiro atoms. The van der Waals surface area contributed by atoms with Gasteiger partial charge in [0, 0.05) is 24.4 Å². The van der Waals surface area contributed by atoms with Crippen LogP contribution in [-0.4, -0.2) is 19.0 Å². The van der Waals surface area contributed by atoms with E-state index in [4.69, 9.17) is 5.73 Å². The van der Waals surface area contributed by atoms with Crippen LogP contribution >= 0.6 is 0 Å². The van der Waals surface area contributed by atoms with Crippen LogP contribution in [0.4, 0.5) is 0 Å². The van der Waals surface area contributed by atoms with Crippen molar-refractivity contribution in [1.82, 2.24) is 5.32 Å². The second-order valence-corrected chi connectivity index (χ2v) is 5.61. The molecule has 1 rings (SSSR count). The van der Waals surface area contributed by atoms with Crippen molar-refractivity contribution in [2.24, 2.45) is 11.7 Å². The topological polar surface area (TPSA) is 55.1 Å².